The third-order valence-electron chi connectivity index (χ3n) is 3.98. The molecular formula is C12H21O11. The van der Waals surface area contributed by atoms with E-state index < -0.39 is 68.0 Å². The third-order valence-corrected chi connectivity index (χ3v) is 3.98. The van der Waals surface area contributed by atoms with Gasteiger partial charge >= 0.3 is 0 Å². The smallest absolute Gasteiger partial charge is 0.224 e. The van der Waals surface area contributed by atoms with E-state index in [9.17, 15) is 30.6 Å². The first-order valence-corrected chi connectivity index (χ1v) is 6.92. The van der Waals surface area contributed by atoms with Crippen molar-refractivity contribution in [2.45, 2.75) is 54.8 Å². The summed E-state index contributed by atoms with van der Waals surface area (Å²) in [5.74, 6) is -2.24. The Bertz CT molecular complexity index is 393. The minimum absolute atomic E-state index is 0.430. The highest BCUT2D eigenvalue weighted by molar-refractivity contribution is 4.99. The summed E-state index contributed by atoms with van der Waals surface area (Å²) in [4.78, 5) is 0. The number of aliphatic hydroxyl groups excluding tert-OH is 8. The van der Waals surface area contributed by atoms with Crippen LogP contribution < -0.4 is 0 Å². The van der Waals surface area contributed by atoms with Crippen LogP contribution in [0.15, 0.2) is 0 Å². The van der Waals surface area contributed by atoms with E-state index >= 15 is 0 Å². The fraction of sp³-hybridized carbons (Fsp3) is 0.917. The van der Waals surface area contributed by atoms with Crippen LogP contribution in [0.4, 0.5) is 0 Å². The molecule has 0 aromatic rings. The number of hydrogen-bond acceptors (Lipinski definition) is 11. The van der Waals surface area contributed by atoms with Crippen molar-refractivity contribution in [2.24, 2.45) is 0 Å². The number of aliphatic hydroxyl groups is 8. The molecule has 2 heterocycles. The quantitative estimate of drug-likeness (QED) is 0.239. The third kappa shape index (κ3) is 3.23. The summed E-state index contributed by atoms with van der Waals surface area (Å²) < 4.78 is 15.4. The molecule has 8 N–H and O–H groups in total. The molecule has 23 heavy (non-hydrogen) atoms. The van der Waals surface area contributed by atoms with Crippen molar-refractivity contribution >= 4 is 0 Å². The van der Waals surface area contributed by atoms with E-state index in [0.29, 0.717) is 6.61 Å². The lowest BCUT2D eigenvalue weighted by atomic mass is 9.99. The molecule has 0 aromatic carbocycles. The van der Waals surface area contributed by atoms with Crippen LogP contribution in [0, 0.1) is 6.61 Å². The zero-order valence-corrected chi connectivity index (χ0v) is 11.9. The maximum Gasteiger partial charge on any atom is 0.224 e. The van der Waals surface area contributed by atoms with Crippen LogP contribution in [0.2, 0.25) is 0 Å². The molecule has 9 atom stereocenters. The summed E-state index contributed by atoms with van der Waals surface area (Å²) in [6.45, 7) is -1.22. The van der Waals surface area contributed by atoms with Crippen molar-refractivity contribution in [1.29, 1.82) is 0 Å². The average molecular weight is 341 g/mol. The van der Waals surface area contributed by atoms with Crippen molar-refractivity contribution in [3.8, 4) is 0 Å². The molecule has 11 nitrogen and oxygen atoms in total. The summed E-state index contributed by atoms with van der Waals surface area (Å²) in [5, 5.41) is 76.4. The van der Waals surface area contributed by atoms with Crippen molar-refractivity contribution in [1.82, 2.24) is 0 Å². The Morgan fingerprint density at radius 1 is 0.957 bits per heavy atom. The van der Waals surface area contributed by atoms with Gasteiger partial charge < -0.3 is 55.1 Å². The first kappa shape index (κ1) is 18.9. The van der Waals surface area contributed by atoms with Gasteiger partial charge in [0, 0.05) is 0 Å². The maximum atomic E-state index is 9.99. The van der Waals surface area contributed by atoms with E-state index in [-0.39, 0.29) is 0 Å². The molecule has 2 aliphatic heterocycles. The highest BCUT2D eigenvalue weighted by Gasteiger charge is 2.58. The second-order valence-electron chi connectivity index (χ2n) is 5.45. The summed E-state index contributed by atoms with van der Waals surface area (Å²) in [7, 11) is 0. The molecule has 2 saturated heterocycles. The van der Waals surface area contributed by atoms with E-state index in [1.54, 1.807) is 0 Å². The fourth-order valence-electron chi connectivity index (χ4n) is 2.56. The lowest BCUT2D eigenvalue weighted by Crippen LogP contribution is -2.62. The van der Waals surface area contributed by atoms with E-state index in [1.807, 2.05) is 0 Å². The van der Waals surface area contributed by atoms with Gasteiger partial charge in [-0.2, -0.15) is 0 Å². The van der Waals surface area contributed by atoms with Crippen LogP contribution in [0.1, 0.15) is 0 Å². The van der Waals surface area contributed by atoms with Crippen LogP contribution in [0.25, 0.3) is 0 Å². The SMILES string of the molecule is O[CH][C@H]1O[C@H](O[C@]2(CO)O[C@H](CO)[C@@H](O)[C@@H]2O)[C@H](O)[C@@H](O)[C@@H]1O. The van der Waals surface area contributed by atoms with Crippen molar-refractivity contribution in [2.75, 3.05) is 13.2 Å². The number of rotatable bonds is 5. The topological polar surface area (TPSA) is 190 Å². The van der Waals surface area contributed by atoms with Gasteiger partial charge in [-0.25, -0.2) is 0 Å². The molecular weight excluding hydrogens is 320 g/mol. The maximum absolute atomic E-state index is 9.99. The standard InChI is InChI=1S/C12H21O11/c13-1-4-6(16)8(18)9(19)11(21-4)23-12(3-15)10(20)7(17)5(2-14)22-12/h1,4-11,13-20H,2-3H2/t4-,5-,6-,7-,8+,9-,10+,11-,12+/m1/s1. The molecule has 0 unspecified atom stereocenters. The van der Waals surface area contributed by atoms with Gasteiger partial charge in [-0.3, -0.25) is 0 Å². The van der Waals surface area contributed by atoms with Gasteiger partial charge in [0.15, 0.2) is 6.29 Å². The van der Waals surface area contributed by atoms with E-state index in [4.69, 9.17) is 24.4 Å². The number of ether oxygens (including phenoxy) is 3. The summed E-state index contributed by atoms with van der Waals surface area (Å²) >= 11 is 0. The second kappa shape index (κ2) is 7.21. The molecule has 135 valence electrons. The van der Waals surface area contributed by atoms with Crippen molar-refractivity contribution in [3.05, 3.63) is 6.61 Å². The second-order valence-corrected chi connectivity index (χ2v) is 5.45. The lowest BCUT2D eigenvalue weighted by Gasteiger charge is -2.43. The van der Waals surface area contributed by atoms with Gasteiger partial charge in [0.05, 0.1) is 6.61 Å². The van der Waals surface area contributed by atoms with Crippen LogP contribution in [0.3, 0.4) is 0 Å². The first-order chi connectivity index (χ1) is 10.8. The molecule has 0 bridgehead atoms. The van der Waals surface area contributed by atoms with Crippen molar-refractivity contribution in [3.63, 3.8) is 0 Å². The molecule has 0 spiro atoms. The Balaban J connectivity index is 2.18. The average Bonchev–Trinajstić information content (AvgIpc) is 2.80. The van der Waals surface area contributed by atoms with Crippen LogP contribution >= 0.6 is 0 Å². The van der Waals surface area contributed by atoms with Crippen LogP contribution in [0.5, 0.6) is 0 Å². The van der Waals surface area contributed by atoms with Gasteiger partial charge in [-0.05, 0) is 0 Å². The van der Waals surface area contributed by atoms with Gasteiger partial charge in [0.2, 0.25) is 5.79 Å². The molecule has 2 rings (SSSR count). The first-order valence-electron chi connectivity index (χ1n) is 6.92. The number of hydrogen-bond donors (Lipinski definition) is 8. The molecule has 0 saturated carbocycles. The normalized spacial score (nSPS) is 51.1. The Labute approximate surface area is 130 Å². The monoisotopic (exact) mass is 341 g/mol. The Morgan fingerprint density at radius 3 is 2.09 bits per heavy atom. The zero-order chi connectivity index (χ0) is 17.4. The molecule has 0 aromatic heterocycles. The van der Waals surface area contributed by atoms with E-state index in [2.05, 4.69) is 0 Å². The Morgan fingerprint density at radius 2 is 1.61 bits per heavy atom. The summed E-state index contributed by atoms with van der Waals surface area (Å²) in [5.41, 5.74) is 0. The lowest BCUT2D eigenvalue weighted by molar-refractivity contribution is -0.381. The molecule has 0 amide bonds. The molecule has 1 radical (unpaired) electrons. The van der Waals surface area contributed by atoms with Crippen LogP contribution in [-0.2, 0) is 14.2 Å². The van der Waals surface area contributed by atoms with Gasteiger partial charge in [-0.15, -0.1) is 0 Å². The summed E-state index contributed by atoms with van der Waals surface area (Å²) in [6.07, 6.45) is -12.9. The zero-order valence-electron chi connectivity index (χ0n) is 11.9. The Kier molecular flexibility index (Phi) is 5.92. The minimum atomic E-state index is -2.24. The highest BCUT2D eigenvalue weighted by Crippen LogP contribution is 2.36. The van der Waals surface area contributed by atoms with Crippen LogP contribution in [-0.4, -0.2) is 109 Å². The molecule has 2 aliphatic rings. The minimum Gasteiger partial charge on any atom is -0.394 e. The summed E-state index contributed by atoms with van der Waals surface area (Å²) in [6, 6.07) is 0. The largest absolute Gasteiger partial charge is 0.394 e. The highest BCUT2D eigenvalue weighted by atomic mass is 16.8. The van der Waals surface area contributed by atoms with E-state index in [0.717, 1.165) is 0 Å². The molecule has 11 heteroatoms. The predicted octanol–water partition coefficient (Wildman–Crippen LogP) is -4.85. The predicted molar refractivity (Wildman–Crippen MR) is 67.8 cm³/mol. The molecule has 2 fully saturated rings. The molecule has 0 aliphatic carbocycles. The van der Waals surface area contributed by atoms with Crippen molar-refractivity contribution < 1.29 is 55.1 Å². The van der Waals surface area contributed by atoms with E-state index in [1.165, 1.54) is 0 Å². The van der Waals surface area contributed by atoms with Gasteiger partial charge in [0.1, 0.15) is 55.9 Å². The van der Waals surface area contributed by atoms with Gasteiger partial charge in [0.25, 0.3) is 0 Å². The Hall–Kier alpha value is -0.440. The van der Waals surface area contributed by atoms with Gasteiger partial charge in [-0.1, -0.05) is 0 Å². The fourth-order valence-corrected chi connectivity index (χ4v) is 2.56.